The maximum Gasteiger partial charge on any atom is 0.165 e. The number of benzene rings is 1. The van der Waals surface area contributed by atoms with E-state index in [1.165, 1.54) is 24.9 Å². The van der Waals surface area contributed by atoms with Crippen LogP contribution in [-0.4, -0.2) is 31.5 Å². The van der Waals surface area contributed by atoms with Crippen molar-refractivity contribution in [3.05, 3.63) is 29.6 Å². The number of hydrogen-bond acceptors (Lipinski definition) is 4. The average molecular weight is 298 g/mol. The molecule has 1 atom stereocenters. The van der Waals surface area contributed by atoms with Crippen molar-refractivity contribution in [2.75, 3.05) is 20.3 Å². The van der Waals surface area contributed by atoms with Gasteiger partial charge < -0.3 is 15.2 Å². The van der Waals surface area contributed by atoms with Crippen LogP contribution in [0.25, 0.3) is 0 Å². The van der Waals surface area contributed by atoms with Gasteiger partial charge in [0.15, 0.2) is 16.7 Å². The van der Waals surface area contributed by atoms with Crippen LogP contribution < -0.4 is 10.5 Å². The summed E-state index contributed by atoms with van der Waals surface area (Å²) in [6.07, 6.45) is 2.34. The molecule has 6 heteroatoms. The monoisotopic (exact) mass is 298 g/mol. The van der Waals surface area contributed by atoms with Crippen molar-refractivity contribution in [2.24, 2.45) is 10.7 Å². The summed E-state index contributed by atoms with van der Waals surface area (Å²) in [6, 6.07) is 4.90. The van der Waals surface area contributed by atoms with Gasteiger partial charge in [-0.05, 0) is 30.5 Å². The molecule has 1 aliphatic heterocycles. The van der Waals surface area contributed by atoms with Gasteiger partial charge in [-0.15, -0.1) is 0 Å². The molecule has 1 saturated heterocycles. The largest absolute Gasteiger partial charge is 0.494 e. The summed E-state index contributed by atoms with van der Waals surface area (Å²) >= 11 is 1.40. The zero-order chi connectivity index (χ0) is 14.4. The van der Waals surface area contributed by atoms with Crippen molar-refractivity contribution in [1.29, 1.82) is 0 Å². The number of nitrogens with zero attached hydrogens (tertiary/aromatic N) is 1. The maximum atomic E-state index is 13.5. The van der Waals surface area contributed by atoms with E-state index in [4.69, 9.17) is 15.2 Å². The van der Waals surface area contributed by atoms with Crippen LogP contribution >= 0.6 is 11.8 Å². The van der Waals surface area contributed by atoms with Crippen LogP contribution in [0, 0.1) is 5.82 Å². The summed E-state index contributed by atoms with van der Waals surface area (Å²) < 4.78 is 23.9. The Morgan fingerprint density at radius 3 is 3.10 bits per heavy atom. The molecule has 2 rings (SSSR count). The van der Waals surface area contributed by atoms with Gasteiger partial charge in [0, 0.05) is 12.4 Å². The molecule has 1 heterocycles. The Morgan fingerprint density at radius 1 is 1.60 bits per heavy atom. The summed E-state index contributed by atoms with van der Waals surface area (Å²) in [4.78, 5) is 4.29. The number of amidine groups is 1. The lowest BCUT2D eigenvalue weighted by Gasteiger charge is -2.07. The molecule has 1 aromatic carbocycles. The van der Waals surface area contributed by atoms with E-state index >= 15 is 0 Å². The van der Waals surface area contributed by atoms with E-state index in [0.29, 0.717) is 17.5 Å². The van der Waals surface area contributed by atoms with E-state index in [0.717, 1.165) is 25.0 Å². The minimum atomic E-state index is -0.361. The van der Waals surface area contributed by atoms with E-state index in [1.807, 2.05) is 6.07 Å². The normalized spacial score (nSPS) is 19.3. The van der Waals surface area contributed by atoms with Crippen molar-refractivity contribution in [2.45, 2.75) is 24.7 Å². The highest BCUT2D eigenvalue weighted by Gasteiger charge is 2.14. The van der Waals surface area contributed by atoms with Crippen LogP contribution in [0.3, 0.4) is 0 Å². The van der Waals surface area contributed by atoms with Gasteiger partial charge in [0.05, 0.1) is 19.8 Å². The van der Waals surface area contributed by atoms with E-state index in [2.05, 4.69) is 4.99 Å². The Labute approximate surface area is 122 Å². The Morgan fingerprint density at radius 2 is 2.45 bits per heavy atom. The second-order valence-corrected chi connectivity index (χ2v) is 5.57. The van der Waals surface area contributed by atoms with E-state index in [9.17, 15) is 4.39 Å². The van der Waals surface area contributed by atoms with E-state index in [1.54, 1.807) is 6.07 Å². The zero-order valence-corrected chi connectivity index (χ0v) is 12.3. The molecule has 1 fully saturated rings. The number of nitrogens with two attached hydrogens (primary N) is 1. The van der Waals surface area contributed by atoms with Gasteiger partial charge in [0.1, 0.15) is 0 Å². The number of rotatable bonds is 5. The Bertz CT molecular complexity index is 476. The molecule has 20 heavy (non-hydrogen) atoms. The molecule has 0 bridgehead atoms. The van der Waals surface area contributed by atoms with Gasteiger partial charge in [-0.25, -0.2) is 4.39 Å². The first-order chi connectivity index (χ1) is 9.69. The average Bonchev–Trinajstić information content (AvgIpc) is 2.96. The van der Waals surface area contributed by atoms with Gasteiger partial charge in [-0.1, -0.05) is 17.8 Å². The molecule has 0 saturated carbocycles. The van der Waals surface area contributed by atoms with Crippen molar-refractivity contribution in [3.8, 4) is 5.75 Å². The number of ether oxygens (including phenoxy) is 2. The standard InChI is InChI=1S/C14H19FN2O2S/c1-18-13-5-4-10(7-12(13)15)9-20-14(16)17-8-11-3-2-6-19-11/h4-5,7,11H,2-3,6,8-9H2,1H3,(H2,16,17)/t11-/m1/s1. The Hall–Kier alpha value is -1.27. The van der Waals surface area contributed by atoms with Gasteiger partial charge >= 0.3 is 0 Å². The summed E-state index contributed by atoms with van der Waals surface area (Å²) in [5.74, 6) is 0.473. The first-order valence-electron chi connectivity index (χ1n) is 6.56. The molecule has 110 valence electrons. The third-order valence-electron chi connectivity index (χ3n) is 3.08. The lowest BCUT2D eigenvalue weighted by molar-refractivity contribution is 0.118. The second-order valence-electron chi connectivity index (χ2n) is 4.57. The second kappa shape index (κ2) is 7.50. The highest BCUT2D eigenvalue weighted by molar-refractivity contribution is 8.13. The van der Waals surface area contributed by atoms with Crippen LogP contribution in [-0.2, 0) is 10.5 Å². The summed E-state index contributed by atoms with van der Waals surface area (Å²) in [7, 11) is 1.45. The Kier molecular flexibility index (Phi) is 5.67. The summed E-state index contributed by atoms with van der Waals surface area (Å²) in [5, 5.41) is 0.511. The number of halogens is 1. The predicted octanol–water partition coefficient (Wildman–Crippen LogP) is 2.56. The molecule has 2 N–H and O–H groups in total. The predicted molar refractivity (Wildman–Crippen MR) is 79.7 cm³/mol. The fraction of sp³-hybridized carbons (Fsp3) is 0.500. The first kappa shape index (κ1) is 15.1. The fourth-order valence-corrected chi connectivity index (χ4v) is 2.64. The molecule has 0 spiro atoms. The number of aliphatic imine (C=N–C) groups is 1. The van der Waals surface area contributed by atoms with Crippen molar-refractivity contribution < 1.29 is 13.9 Å². The topological polar surface area (TPSA) is 56.8 Å². The molecule has 0 radical (unpaired) electrons. The third-order valence-corrected chi connectivity index (χ3v) is 3.98. The number of hydrogen-bond donors (Lipinski definition) is 1. The third kappa shape index (κ3) is 4.38. The molecular weight excluding hydrogens is 279 g/mol. The van der Waals surface area contributed by atoms with Gasteiger partial charge in [0.25, 0.3) is 0 Å². The lowest BCUT2D eigenvalue weighted by Crippen LogP contribution is -2.14. The van der Waals surface area contributed by atoms with Crippen LogP contribution in [0.15, 0.2) is 23.2 Å². The zero-order valence-electron chi connectivity index (χ0n) is 11.5. The van der Waals surface area contributed by atoms with Crippen LogP contribution in [0.1, 0.15) is 18.4 Å². The number of thioether (sulfide) groups is 1. The molecule has 0 amide bonds. The smallest absolute Gasteiger partial charge is 0.165 e. The first-order valence-corrected chi connectivity index (χ1v) is 7.54. The molecular formula is C14H19FN2O2S. The maximum absolute atomic E-state index is 13.5. The van der Waals surface area contributed by atoms with Gasteiger partial charge in [0.2, 0.25) is 0 Å². The molecule has 4 nitrogen and oxygen atoms in total. The van der Waals surface area contributed by atoms with Crippen molar-refractivity contribution in [1.82, 2.24) is 0 Å². The molecule has 0 aromatic heterocycles. The van der Waals surface area contributed by atoms with Gasteiger partial charge in [-0.2, -0.15) is 0 Å². The number of methoxy groups -OCH3 is 1. The summed E-state index contributed by atoms with van der Waals surface area (Å²) in [5.41, 5.74) is 6.68. The Balaban J connectivity index is 1.81. The molecule has 1 aliphatic rings. The molecule has 0 aliphatic carbocycles. The quantitative estimate of drug-likeness (QED) is 0.670. The highest BCUT2D eigenvalue weighted by atomic mass is 32.2. The van der Waals surface area contributed by atoms with Crippen LogP contribution in [0.4, 0.5) is 4.39 Å². The molecule has 1 aromatic rings. The lowest BCUT2D eigenvalue weighted by atomic mass is 10.2. The molecule has 0 unspecified atom stereocenters. The summed E-state index contributed by atoms with van der Waals surface area (Å²) in [6.45, 7) is 1.42. The fourth-order valence-electron chi connectivity index (χ4n) is 1.98. The SMILES string of the molecule is COc1ccc(CSC(N)=NC[C@H]2CCCO2)cc1F. The van der Waals surface area contributed by atoms with E-state index < -0.39 is 0 Å². The minimum Gasteiger partial charge on any atom is -0.494 e. The highest BCUT2D eigenvalue weighted by Crippen LogP contribution is 2.21. The van der Waals surface area contributed by atoms with Crippen LogP contribution in [0.2, 0.25) is 0 Å². The minimum absolute atomic E-state index is 0.201. The van der Waals surface area contributed by atoms with E-state index in [-0.39, 0.29) is 17.7 Å². The van der Waals surface area contributed by atoms with Gasteiger partial charge in [-0.3, -0.25) is 4.99 Å². The van der Waals surface area contributed by atoms with Crippen molar-refractivity contribution in [3.63, 3.8) is 0 Å². The van der Waals surface area contributed by atoms with Crippen LogP contribution in [0.5, 0.6) is 5.75 Å². The van der Waals surface area contributed by atoms with Crippen molar-refractivity contribution >= 4 is 16.9 Å².